The maximum Gasteiger partial charge on any atom is 0.325 e. The number of rotatable bonds is 5. The van der Waals surface area contributed by atoms with E-state index in [2.05, 4.69) is 10.6 Å². The summed E-state index contributed by atoms with van der Waals surface area (Å²) in [7, 11) is 0. The van der Waals surface area contributed by atoms with Crippen LogP contribution in [0, 0.1) is 17.6 Å². The highest BCUT2D eigenvalue weighted by Crippen LogP contribution is 2.31. The Morgan fingerprint density at radius 2 is 1.92 bits per heavy atom. The summed E-state index contributed by atoms with van der Waals surface area (Å²) in [4.78, 5) is 37.5. The fourth-order valence-corrected chi connectivity index (χ4v) is 2.51. The summed E-state index contributed by atoms with van der Waals surface area (Å²) in [5.74, 6) is -2.69. The molecule has 25 heavy (non-hydrogen) atoms. The standard InChI is InChI=1S/C17H21F2N3O3/c1-9(2)10(3)20-14(23)8-22-15(24)17(4,21-16(22)25)12-7-11(18)5-6-13(12)19/h5-7,9-10H,8H2,1-4H3,(H,20,23)(H,21,25). The fourth-order valence-electron chi connectivity index (χ4n) is 2.51. The molecule has 2 rings (SSSR count). The zero-order valence-corrected chi connectivity index (χ0v) is 14.5. The molecule has 2 unspecified atom stereocenters. The lowest BCUT2D eigenvalue weighted by molar-refractivity contribution is -0.135. The maximum absolute atomic E-state index is 14.0. The third-order valence-corrected chi connectivity index (χ3v) is 4.43. The Kier molecular flexibility index (Phi) is 5.10. The molecule has 0 radical (unpaired) electrons. The van der Waals surface area contributed by atoms with Crippen LogP contribution in [0.15, 0.2) is 18.2 Å². The van der Waals surface area contributed by atoms with Crippen LogP contribution in [-0.2, 0) is 15.1 Å². The lowest BCUT2D eigenvalue weighted by Gasteiger charge is -2.23. The van der Waals surface area contributed by atoms with Crippen LogP contribution >= 0.6 is 0 Å². The van der Waals surface area contributed by atoms with E-state index in [0.717, 1.165) is 18.2 Å². The number of benzene rings is 1. The van der Waals surface area contributed by atoms with E-state index in [1.54, 1.807) is 6.92 Å². The molecule has 136 valence electrons. The quantitative estimate of drug-likeness (QED) is 0.794. The molecule has 1 aliphatic rings. The first kappa shape index (κ1) is 18.8. The summed E-state index contributed by atoms with van der Waals surface area (Å²) in [5, 5.41) is 5.03. The van der Waals surface area contributed by atoms with E-state index in [9.17, 15) is 23.2 Å². The van der Waals surface area contributed by atoms with Gasteiger partial charge in [-0.15, -0.1) is 0 Å². The minimum Gasteiger partial charge on any atom is -0.352 e. The van der Waals surface area contributed by atoms with Crippen molar-refractivity contribution in [3.63, 3.8) is 0 Å². The van der Waals surface area contributed by atoms with Gasteiger partial charge in [-0.25, -0.2) is 13.6 Å². The van der Waals surface area contributed by atoms with Crippen molar-refractivity contribution in [2.75, 3.05) is 6.54 Å². The number of urea groups is 1. The highest BCUT2D eigenvalue weighted by atomic mass is 19.1. The molecular formula is C17H21F2N3O3. The van der Waals surface area contributed by atoms with Crippen LogP contribution in [-0.4, -0.2) is 35.3 Å². The lowest BCUT2D eigenvalue weighted by atomic mass is 9.91. The van der Waals surface area contributed by atoms with Gasteiger partial charge >= 0.3 is 6.03 Å². The van der Waals surface area contributed by atoms with Crippen LogP contribution in [0.4, 0.5) is 13.6 Å². The van der Waals surface area contributed by atoms with E-state index in [1.165, 1.54) is 6.92 Å². The molecule has 1 saturated heterocycles. The second kappa shape index (κ2) is 6.78. The molecule has 0 aromatic heterocycles. The van der Waals surface area contributed by atoms with Crippen molar-refractivity contribution in [1.29, 1.82) is 0 Å². The number of hydrogen-bond donors (Lipinski definition) is 2. The van der Waals surface area contributed by atoms with Gasteiger partial charge in [-0.1, -0.05) is 13.8 Å². The summed E-state index contributed by atoms with van der Waals surface area (Å²) in [6.07, 6.45) is 0. The van der Waals surface area contributed by atoms with Crippen molar-refractivity contribution in [1.82, 2.24) is 15.5 Å². The molecule has 1 fully saturated rings. The van der Waals surface area contributed by atoms with E-state index in [1.807, 2.05) is 13.8 Å². The van der Waals surface area contributed by atoms with Gasteiger partial charge in [0.2, 0.25) is 5.91 Å². The van der Waals surface area contributed by atoms with E-state index >= 15 is 0 Å². The summed E-state index contributed by atoms with van der Waals surface area (Å²) in [6.45, 7) is 6.43. The molecule has 1 aromatic carbocycles. The third kappa shape index (κ3) is 3.62. The second-order valence-electron chi connectivity index (χ2n) is 6.67. The second-order valence-corrected chi connectivity index (χ2v) is 6.67. The van der Waals surface area contributed by atoms with Gasteiger partial charge < -0.3 is 10.6 Å². The Labute approximate surface area is 144 Å². The number of nitrogens with one attached hydrogen (secondary N) is 2. The van der Waals surface area contributed by atoms with Crippen molar-refractivity contribution >= 4 is 17.8 Å². The minimum absolute atomic E-state index is 0.139. The summed E-state index contributed by atoms with van der Waals surface area (Å²) < 4.78 is 27.5. The summed E-state index contributed by atoms with van der Waals surface area (Å²) in [5.41, 5.74) is -2.06. The van der Waals surface area contributed by atoms with Gasteiger partial charge in [-0.05, 0) is 38.0 Å². The highest BCUT2D eigenvalue weighted by Gasteiger charge is 2.50. The predicted octanol–water partition coefficient (Wildman–Crippen LogP) is 1.89. The number of carbonyl (C=O) groups is 3. The average Bonchev–Trinajstić information content (AvgIpc) is 2.73. The van der Waals surface area contributed by atoms with Crippen LogP contribution in [0.25, 0.3) is 0 Å². The molecule has 0 bridgehead atoms. The molecule has 0 aliphatic carbocycles. The van der Waals surface area contributed by atoms with Gasteiger partial charge in [-0.3, -0.25) is 14.5 Å². The van der Waals surface area contributed by atoms with Crippen molar-refractivity contribution in [2.24, 2.45) is 5.92 Å². The van der Waals surface area contributed by atoms with E-state index < -0.39 is 41.6 Å². The molecule has 2 N–H and O–H groups in total. The van der Waals surface area contributed by atoms with Crippen molar-refractivity contribution < 1.29 is 23.2 Å². The van der Waals surface area contributed by atoms with E-state index in [-0.39, 0.29) is 17.5 Å². The maximum atomic E-state index is 14.0. The molecule has 4 amide bonds. The van der Waals surface area contributed by atoms with E-state index in [0.29, 0.717) is 4.90 Å². The van der Waals surface area contributed by atoms with Gasteiger partial charge in [0.15, 0.2) is 0 Å². The molecule has 1 heterocycles. The normalized spacial score (nSPS) is 21.5. The average molecular weight is 353 g/mol. The highest BCUT2D eigenvalue weighted by molar-refractivity contribution is 6.09. The molecular weight excluding hydrogens is 332 g/mol. The number of hydrogen-bond acceptors (Lipinski definition) is 3. The largest absolute Gasteiger partial charge is 0.352 e. The number of imide groups is 1. The minimum atomic E-state index is -1.77. The van der Waals surface area contributed by atoms with Crippen molar-refractivity contribution in [2.45, 2.75) is 39.3 Å². The number of carbonyl (C=O) groups excluding carboxylic acids is 3. The molecule has 0 spiro atoms. The van der Waals surface area contributed by atoms with Gasteiger partial charge in [-0.2, -0.15) is 0 Å². The Morgan fingerprint density at radius 1 is 1.28 bits per heavy atom. The number of nitrogens with zero attached hydrogens (tertiary/aromatic N) is 1. The van der Waals surface area contributed by atoms with E-state index in [4.69, 9.17) is 0 Å². The Bertz CT molecular complexity index is 723. The molecule has 8 heteroatoms. The SMILES string of the molecule is CC(C)C(C)NC(=O)CN1C(=O)NC(C)(c2cc(F)ccc2F)C1=O. The van der Waals surface area contributed by atoms with Gasteiger partial charge in [0.25, 0.3) is 5.91 Å². The van der Waals surface area contributed by atoms with Crippen LogP contribution in [0.2, 0.25) is 0 Å². The number of amides is 4. The first-order valence-electron chi connectivity index (χ1n) is 7.95. The first-order valence-corrected chi connectivity index (χ1v) is 7.95. The number of halogens is 2. The summed E-state index contributed by atoms with van der Waals surface area (Å²) >= 11 is 0. The summed E-state index contributed by atoms with van der Waals surface area (Å²) in [6, 6.07) is 1.69. The lowest BCUT2D eigenvalue weighted by Crippen LogP contribution is -2.46. The molecule has 0 saturated carbocycles. The fraction of sp³-hybridized carbons (Fsp3) is 0.471. The molecule has 2 atom stereocenters. The van der Waals surface area contributed by atoms with Crippen LogP contribution in [0.1, 0.15) is 33.3 Å². The topological polar surface area (TPSA) is 78.5 Å². The van der Waals surface area contributed by atoms with Crippen LogP contribution in [0.3, 0.4) is 0 Å². The monoisotopic (exact) mass is 353 g/mol. The van der Waals surface area contributed by atoms with Crippen molar-refractivity contribution in [3.8, 4) is 0 Å². The van der Waals surface area contributed by atoms with Crippen LogP contribution < -0.4 is 10.6 Å². The van der Waals surface area contributed by atoms with Gasteiger partial charge in [0, 0.05) is 11.6 Å². The Balaban J connectivity index is 2.22. The zero-order valence-electron chi connectivity index (χ0n) is 14.5. The third-order valence-electron chi connectivity index (χ3n) is 4.43. The molecule has 1 aromatic rings. The molecule has 6 nitrogen and oxygen atoms in total. The Morgan fingerprint density at radius 3 is 2.52 bits per heavy atom. The first-order chi connectivity index (χ1) is 11.6. The smallest absolute Gasteiger partial charge is 0.325 e. The molecule has 1 aliphatic heterocycles. The Hall–Kier alpha value is -2.51. The van der Waals surface area contributed by atoms with Gasteiger partial charge in [0.05, 0.1) is 0 Å². The van der Waals surface area contributed by atoms with Crippen molar-refractivity contribution in [3.05, 3.63) is 35.4 Å². The van der Waals surface area contributed by atoms with Gasteiger partial charge in [0.1, 0.15) is 23.7 Å². The predicted molar refractivity (Wildman–Crippen MR) is 86.4 cm³/mol. The van der Waals surface area contributed by atoms with Crippen LogP contribution in [0.5, 0.6) is 0 Å². The zero-order chi connectivity index (χ0) is 18.9.